The summed E-state index contributed by atoms with van der Waals surface area (Å²) >= 11 is 0. The molecule has 9 heteroatoms. The van der Waals surface area contributed by atoms with E-state index < -0.39 is 11.8 Å². The fourth-order valence-electron chi connectivity index (χ4n) is 4.13. The third kappa shape index (κ3) is 4.49. The van der Waals surface area contributed by atoms with E-state index in [9.17, 15) is 14.4 Å². The molecule has 3 amide bonds. The highest BCUT2D eigenvalue weighted by Gasteiger charge is 2.20. The van der Waals surface area contributed by atoms with Gasteiger partial charge in [0, 0.05) is 41.4 Å². The zero-order valence-corrected chi connectivity index (χ0v) is 19.0. The van der Waals surface area contributed by atoms with Crippen molar-refractivity contribution in [3.8, 4) is 11.1 Å². The Labute approximate surface area is 201 Å². The molecular weight excluding hydrogens is 446 g/mol. The van der Waals surface area contributed by atoms with Crippen LogP contribution in [-0.4, -0.2) is 46.9 Å². The Morgan fingerprint density at radius 3 is 2.60 bits per heavy atom. The maximum atomic E-state index is 13.1. The smallest absolute Gasteiger partial charge is 0.276 e. The molecule has 4 aromatic rings. The number of benzene rings is 2. The number of primary amides is 1. The quantitative estimate of drug-likeness (QED) is 0.466. The van der Waals surface area contributed by atoms with Gasteiger partial charge in [-0.3, -0.25) is 14.4 Å². The van der Waals surface area contributed by atoms with E-state index in [1.807, 2.05) is 54.0 Å². The predicted molar refractivity (Wildman–Crippen MR) is 131 cm³/mol. The van der Waals surface area contributed by atoms with Crippen LogP contribution in [0.2, 0.25) is 0 Å². The molecule has 0 radical (unpaired) electrons. The van der Waals surface area contributed by atoms with Gasteiger partial charge in [-0.15, -0.1) is 0 Å². The van der Waals surface area contributed by atoms with Gasteiger partial charge in [0.05, 0.1) is 17.8 Å². The van der Waals surface area contributed by atoms with Crippen LogP contribution in [0.15, 0.2) is 67.0 Å². The van der Waals surface area contributed by atoms with Crippen LogP contribution >= 0.6 is 0 Å². The molecule has 35 heavy (non-hydrogen) atoms. The zero-order valence-electron chi connectivity index (χ0n) is 19.0. The minimum Gasteiger partial charge on any atom is -0.370 e. The molecule has 0 aliphatic carbocycles. The normalized spacial score (nSPS) is 13.7. The number of ether oxygens (including phenoxy) is 1. The van der Waals surface area contributed by atoms with Crippen LogP contribution in [0.1, 0.15) is 26.5 Å². The van der Waals surface area contributed by atoms with Crippen molar-refractivity contribution in [2.45, 2.75) is 6.92 Å². The number of aryl methyl sites for hydroxylation is 1. The summed E-state index contributed by atoms with van der Waals surface area (Å²) in [6.45, 7) is 2.96. The van der Waals surface area contributed by atoms with Crippen LogP contribution in [0.4, 0.5) is 11.4 Å². The Morgan fingerprint density at radius 1 is 1.06 bits per heavy atom. The average molecular weight is 470 g/mol. The van der Waals surface area contributed by atoms with Crippen molar-refractivity contribution in [3.63, 3.8) is 0 Å². The lowest BCUT2D eigenvalue weighted by molar-refractivity contribution is -0.125. The van der Waals surface area contributed by atoms with Crippen molar-refractivity contribution in [1.82, 2.24) is 9.38 Å². The van der Waals surface area contributed by atoms with Gasteiger partial charge in [0.1, 0.15) is 6.61 Å². The molecule has 3 heterocycles. The summed E-state index contributed by atoms with van der Waals surface area (Å²) in [5.74, 6) is -1.03. The molecule has 176 valence electrons. The fraction of sp³-hybridized carbons (Fsp3) is 0.154. The highest BCUT2D eigenvalue weighted by molar-refractivity contribution is 6.08. The Bertz CT molecular complexity index is 1460. The number of rotatable bonds is 5. The number of anilines is 2. The molecule has 9 nitrogen and oxygen atoms in total. The number of fused-ring (bicyclic) bond motifs is 1. The topological polar surface area (TPSA) is 119 Å². The van der Waals surface area contributed by atoms with Gasteiger partial charge in [-0.25, -0.2) is 4.98 Å². The molecule has 1 aliphatic rings. The molecule has 0 atom stereocenters. The summed E-state index contributed by atoms with van der Waals surface area (Å²) in [6, 6.07) is 16.0. The number of aromatic nitrogens is 2. The number of carbonyl (C=O) groups excluding carboxylic acids is 3. The molecule has 0 unspecified atom stereocenters. The van der Waals surface area contributed by atoms with E-state index in [1.54, 1.807) is 23.1 Å². The largest absolute Gasteiger partial charge is 0.370 e. The van der Waals surface area contributed by atoms with Crippen molar-refractivity contribution in [3.05, 3.63) is 83.9 Å². The first-order valence-electron chi connectivity index (χ1n) is 11.1. The monoisotopic (exact) mass is 469 g/mol. The van der Waals surface area contributed by atoms with Gasteiger partial charge in [-0.1, -0.05) is 18.2 Å². The number of hydrogen-bond donors (Lipinski definition) is 2. The van der Waals surface area contributed by atoms with Crippen molar-refractivity contribution >= 4 is 34.6 Å². The summed E-state index contributed by atoms with van der Waals surface area (Å²) in [5, 5.41) is 2.80. The standard InChI is InChI=1S/C26H23N5O4/c1-16-13-30-14-19(17-5-7-21(8-6-17)31-9-10-35-15-23(31)32)12-22(30)24(28-16)26(34)29-20-4-2-3-18(11-20)25(27)33/h2-8,11-14H,9-10,15H2,1H3,(H2,27,33)(H,29,34). The second kappa shape index (κ2) is 9.03. The van der Waals surface area contributed by atoms with Gasteiger partial charge in [-0.05, 0) is 48.9 Å². The summed E-state index contributed by atoms with van der Waals surface area (Å²) in [7, 11) is 0. The van der Waals surface area contributed by atoms with Gasteiger partial charge in [0.15, 0.2) is 5.69 Å². The lowest BCUT2D eigenvalue weighted by Gasteiger charge is -2.26. The Balaban J connectivity index is 1.44. The zero-order chi connectivity index (χ0) is 24.5. The van der Waals surface area contributed by atoms with Crippen molar-refractivity contribution < 1.29 is 19.1 Å². The van der Waals surface area contributed by atoms with Crippen molar-refractivity contribution in [2.75, 3.05) is 30.0 Å². The minimum absolute atomic E-state index is 0.0582. The van der Waals surface area contributed by atoms with Crippen LogP contribution in [0.25, 0.3) is 16.6 Å². The van der Waals surface area contributed by atoms with Crippen LogP contribution < -0.4 is 16.0 Å². The number of amides is 3. The van der Waals surface area contributed by atoms with Crippen LogP contribution in [0.3, 0.4) is 0 Å². The van der Waals surface area contributed by atoms with E-state index in [4.69, 9.17) is 10.5 Å². The fourth-order valence-corrected chi connectivity index (χ4v) is 4.13. The van der Waals surface area contributed by atoms with E-state index in [0.717, 1.165) is 16.8 Å². The van der Waals surface area contributed by atoms with E-state index in [1.165, 1.54) is 6.07 Å². The first kappa shape index (κ1) is 22.3. The number of nitrogens with two attached hydrogens (primary N) is 1. The maximum Gasteiger partial charge on any atom is 0.276 e. The average Bonchev–Trinajstić information content (AvgIpc) is 3.28. The number of morpholine rings is 1. The van der Waals surface area contributed by atoms with E-state index in [2.05, 4.69) is 10.3 Å². The summed E-state index contributed by atoms with van der Waals surface area (Å²) < 4.78 is 7.07. The van der Waals surface area contributed by atoms with Crippen molar-refractivity contribution in [2.24, 2.45) is 5.73 Å². The molecule has 1 saturated heterocycles. The van der Waals surface area contributed by atoms with E-state index in [-0.39, 0.29) is 18.2 Å². The third-order valence-corrected chi connectivity index (χ3v) is 5.82. The minimum atomic E-state index is -0.572. The molecule has 2 aromatic heterocycles. The van der Waals surface area contributed by atoms with E-state index >= 15 is 0 Å². The Kier molecular flexibility index (Phi) is 5.76. The van der Waals surface area contributed by atoms with Gasteiger partial charge in [0.25, 0.3) is 11.8 Å². The predicted octanol–water partition coefficient (Wildman–Crippen LogP) is 3.02. The Hall–Kier alpha value is -4.50. The number of hydrogen-bond acceptors (Lipinski definition) is 5. The first-order valence-corrected chi connectivity index (χ1v) is 11.1. The highest BCUT2D eigenvalue weighted by Crippen LogP contribution is 2.27. The molecule has 1 aliphatic heterocycles. The maximum absolute atomic E-state index is 13.1. The summed E-state index contributed by atoms with van der Waals surface area (Å²) in [4.78, 5) is 42.9. The first-order chi connectivity index (χ1) is 16.9. The van der Waals surface area contributed by atoms with E-state index in [0.29, 0.717) is 35.6 Å². The lowest BCUT2D eigenvalue weighted by Crippen LogP contribution is -2.41. The number of carbonyl (C=O) groups is 3. The molecule has 0 bridgehead atoms. The number of nitrogens with zero attached hydrogens (tertiary/aromatic N) is 3. The molecule has 3 N–H and O–H groups in total. The van der Waals surface area contributed by atoms with Gasteiger partial charge < -0.3 is 25.1 Å². The molecule has 5 rings (SSSR count). The molecule has 0 spiro atoms. The van der Waals surface area contributed by atoms with Gasteiger partial charge in [-0.2, -0.15) is 0 Å². The summed E-state index contributed by atoms with van der Waals surface area (Å²) in [5.41, 5.74) is 10.3. The van der Waals surface area contributed by atoms with Crippen molar-refractivity contribution in [1.29, 1.82) is 0 Å². The third-order valence-electron chi connectivity index (χ3n) is 5.82. The molecule has 2 aromatic carbocycles. The molecular formula is C26H23N5O4. The van der Waals surface area contributed by atoms with Gasteiger partial charge in [0.2, 0.25) is 5.91 Å². The van der Waals surface area contributed by atoms with Crippen LogP contribution in [-0.2, 0) is 9.53 Å². The summed E-state index contributed by atoms with van der Waals surface area (Å²) in [6.07, 6.45) is 3.79. The molecule has 0 saturated carbocycles. The highest BCUT2D eigenvalue weighted by atomic mass is 16.5. The van der Waals surface area contributed by atoms with Gasteiger partial charge >= 0.3 is 0 Å². The Morgan fingerprint density at radius 2 is 1.86 bits per heavy atom. The number of nitrogens with one attached hydrogen (secondary N) is 1. The molecule has 1 fully saturated rings. The second-order valence-corrected chi connectivity index (χ2v) is 8.30. The van der Waals surface area contributed by atoms with Crippen LogP contribution in [0.5, 0.6) is 0 Å². The van der Waals surface area contributed by atoms with Crippen LogP contribution in [0, 0.1) is 6.92 Å². The SMILES string of the molecule is Cc1cn2cc(-c3ccc(N4CCOCC4=O)cc3)cc2c(C(=O)Nc2cccc(C(N)=O)c2)n1. The lowest BCUT2D eigenvalue weighted by atomic mass is 10.1. The second-order valence-electron chi connectivity index (χ2n) is 8.30.